The van der Waals surface area contributed by atoms with Crippen LogP contribution in [0.4, 0.5) is 11.4 Å². The van der Waals surface area contributed by atoms with Gasteiger partial charge in [-0.25, -0.2) is 0 Å². The van der Waals surface area contributed by atoms with Crippen molar-refractivity contribution in [3.05, 3.63) is 47.9 Å². The number of hydrogen-bond donors (Lipinski definition) is 3. The van der Waals surface area contributed by atoms with E-state index in [9.17, 15) is 4.79 Å². The van der Waals surface area contributed by atoms with Gasteiger partial charge in [-0.15, -0.1) is 0 Å². The first-order chi connectivity index (χ1) is 9.58. The zero-order valence-electron chi connectivity index (χ0n) is 11.4. The highest BCUT2D eigenvalue weighted by Gasteiger charge is 2.13. The van der Waals surface area contributed by atoms with Crippen LogP contribution in [0.3, 0.4) is 0 Å². The minimum atomic E-state index is -0.488. The van der Waals surface area contributed by atoms with E-state index in [0.717, 1.165) is 18.6 Å². The number of hydrogen-bond acceptors (Lipinski definition) is 4. The summed E-state index contributed by atoms with van der Waals surface area (Å²) in [6.07, 6.45) is 3.34. The molecule has 0 aliphatic rings. The van der Waals surface area contributed by atoms with E-state index in [-0.39, 0.29) is 6.04 Å². The van der Waals surface area contributed by atoms with Crippen molar-refractivity contribution in [1.82, 2.24) is 0 Å². The Labute approximate surface area is 117 Å². The number of rotatable bonds is 6. The maximum absolute atomic E-state index is 11.4. The summed E-state index contributed by atoms with van der Waals surface area (Å²) in [6, 6.07) is 9.08. The summed E-state index contributed by atoms with van der Waals surface area (Å²) in [7, 11) is 0. The standard InChI is InChI=1S/C15H19N3O2/c1-10(7-8-11-4-3-9-20-11)18-14-12(15(17)19)5-2-6-13(14)16/h2-6,9-10,18H,7-8,16H2,1H3,(H2,17,19). The third-order valence-electron chi connectivity index (χ3n) is 3.16. The van der Waals surface area contributed by atoms with Gasteiger partial charge >= 0.3 is 0 Å². The molecule has 106 valence electrons. The fourth-order valence-corrected chi connectivity index (χ4v) is 2.07. The summed E-state index contributed by atoms with van der Waals surface area (Å²) in [6.45, 7) is 2.03. The number of furan rings is 1. The second kappa shape index (κ2) is 6.14. The van der Waals surface area contributed by atoms with Crippen molar-refractivity contribution in [2.24, 2.45) is 5.73 Å². The molecule has 0 aliphatic carbocycles. The Balaban J connectivity index is 2.03. The van der Waals surface area contributed by atoms with E-state index in [4.69, 9.17) is 15.9 Å². The molecule has 1 amide bonds. The Morgan fingerprint density at radius 2 is 2.15 bits per heavy atom. The van der Waals surface area contributed by atoms with Gasteiger partial charge in [0.1, 0.15) is 5.76 Å². The van der Waals surface area contributed by atoms with E-state index < -0.39 is 5.91 Å². The number of carbonyl (C=O) groups is 1. The first kappa shape index (κ1) is 14.0. The van der Waals surface area contributed by atoms with Crippen molar-refractivity contribution < 1.29 is 9.21 Å². The van der Waals surface area contributed by atoms with Gasteiger partial charge in [-0.1, -0.05) is 6.07 Å². The number of benzene rings is 1. The monoisotopic (exact) mass is 273 g/mol. The number of nitrogen functional groups attached to an aromatic ring is 1. The SMILES string of the molecule is CC(CCc1ccco1)Nc1c(N)cccc1C(N)=O. The minimum absolute atomic E-state index is 0.142. The van der Waals surface area contributed by atoms with Crippen LogP contribution in [-0.2, 0) is 6.42 Å². The normalized spacial score (nSPS) is 12.1. The molecule has 2 aromatic rings. The van der Waals surface area contributed by atoms with Gasteiger partial charge < -0.3 is 21.2 Å². The van der Waals surface area contributed by atoms with Crippen LogP contribution in [0.15, 0.2) is 41.0 Å². The summed E-state index contributed by atoms with van der Waals surface area (Å²) in [5.41, 5.74) is 12.8. The minimum Gasteiger partial charge on any atom is -0.469 e. The summed E-state index contributed by atoms with van der Waals surface area (Å²) < 4.78 is 5.29. The predicted octanol–water partition coefficient (Wildman–Crippen LogP) is 2.39. The molecule has 0 saturated heterocycles. The maximum Gasteiger partial charge on any atom is 0.250 e. The highest BCUT2D eigenvalue weighted by Crippen LogP contribution is 2.24. The van der Waals surface area contributed by atoms with Crippen molar-refractivity contribution in [3.8, 4) is 0 Å². The van der Waals surface area contributed by atoms with Gasteiger partial charge in [0.2, 0.25) is 0 Å². The molecule has 5 N–H and O–H groups in total. The maximum atomic E-state index is 11.4. The molecule has 2 rings (SSSR count). The molecule has 0 fully saturated rings. The lowest BCUT2D eigenvalue weighted by molar-refractivity contribution is 0.100. The van der Waals surface area contributed by atoms with Gasteiger partial charge in [0, 0.05) is 12.5 Å². The molecule has 0 spiro atoms. The molecule has 1 atom stereocenters. The lowest BCUT2D eigenvalue weighted by atomic mass is 10.1. The third kappa shape index (κ3) is 3.32. The lowest BCUT2D eigenvalue weighted by Gasteiger charge is -2.18. The second-order valence-corrected chi connectivity index (χ2v) is 4.80. The van der Waals surface area contributed by atoms with Gasteiger partial charge in [0.15, 0.2) is 0 Å². The molecular formula is C15H19N3O2. The van der Waals surface area contributed by atoms with Crippen molar-refractivity contribution in [2.45, 2.75) is 25.8 Å². The first-order valence-electron chi connectivity index (χ1n) is 6.55. The van der Waals surface area contributed by atoms with Gasteiger partial charge in [-0.05, 0) is 37.6 Å². The molecule has 5 heteroatoms. The van der Waals surface area contributed by atoms with E-state index >= 15 is 0 Å². The molecule has 1 heterocycles. The van der Waals surface area contributed by atoms with E-state index in [2.05, 4.69) is 5.32 Å². The van der Waals surface area contributed by atoms with E-state index in [1.165, 1.54) is 0 Å². The van der Waals surface area contributed by atoms with Crippen LogP contribution in [0.2, 0.25) is 0 Å². The van der Waals surface area contributed by atoms with Crippen LogP contribution in [-0.4, -0.2) is 11.9 Å². The number of para-hydroxylation sites is 1. The topological polar surface area (TPSA) is 94.3 Å². The number of nitrogens with one attached hydrogen (secondary N) is 1. The van der Waals surface area contributed by atoms with Gasteiger partial charge in [-0.3, -0.25) is 4.79 Å². The van der Waals surface area contributed by atoms with Crippen LogP contribution in [0.1, 0.15) is 29.5 Å². The zero-order valence-corrected chi connectivity index (χ0v) is 11.4. The van der Waals surface area contributed by atoms with Gasteiger partial charge in [0.05, 0.1) is 23.2 Å². The highest BCUT2D eigenvalue weighted by atomic mass is 16.3. The summed E-state index contributed by atoms with van der Waals surface area (Å²) in [5, 5.41) is 3.26. The van der Waals surface area contributed by atoms with E-state index in [1.54, 1.807) is 24.5 Å². The molecule has 20 heavy (non-hydrogen) atoms. The number of aryl methyl sites for hydroxylation is 1. The summed E-state index contributed by atoms with van der Waals surface area (Å²) in [4.78, 5) is 11.4. The van der Waals surface area contributed by atoms with Crippen LogP contribution >= 0.6 is 0 Å². The number of primary amides is 1. The first-order valence-corrected chi connectivity index (χ1v) is 6.55. The number of carbonyl (C=O) groups excluding carboxylic acids is 1. The van der Waals surface area contributed by atoms with Crippen LogP contribution < -0.4 is 16.8 Å². The molecule has 0 saturated carbocycles. The Bertz CT molecular complexity index is 579. The average Bonchev–Trinajstić information content (AvgIpc) is 2.91. The van der Waals surface area contributed by atoms with Gasteiger partial charge in [0.25, 0.3) is 5.91 Å². The third-order valence-corrected chi connectivity index (χ3v) is 3.16. The molecule has 0 bridgehead atoms. The van der Waals surface area contributed by atoms with Crippen molar-refractivity contribution >= 4 is 17.3 Å². The van der Waals surface area contributed by atoms with Crippen molar-refractivity contribution in [2.75, 3.05) is 11.1 Å². The quantitative estimate of drug-likeness (QED) is 0.704. The van der Waals surface area contributed by atoms with Crippen LogP contribution in [0.5, 0.6) is 0 Å². The van der Waals surface area contributed by atoms with Crippen LogP contribution in [0.25, 0.3) is 0 Å². The Morgan fingerprint density at radius 1 is 1.35 bits per heavy atom. The Hall–Kier alpha value is -2.43. The van der Waals surface area contributed by atoms with E-state index in [1.807, 2.05) is 19.1 Å². The predicted molar refractivity (Wildman–Crippen MR) is 79.5 cm³/mol. The Kier molecular flexibility index (Phi) is 4.30. The second-order valence-electron chi connectivity index (χ2n) is 4.80. The number of amides is 1. The number of anilines is 2. The molecule has 1 unspecified atom stereocenters. The smallest absolute Gasteiger partial charge is 0.250 e. The zero-order chi connectivity index (χ0) is 14.5. The summed E-state index contributed by atoms with van der Waals surface area (Å²) >= 11 is 0. The molecule has 1 aromatic heterocycles. The van der Waals surface area contributed by atoms with Gasteiger partial charge in [-0.2, -0.15) is 0 Å². The van der Waals surface area contributed by atoms with Crippen molar-refractivity contribution in [1.29, 1.82) is 0 Å². The molecule has 5 nitrogen and oxygen atoms in total. The summed E-state index contributed by atoms with van der Waals surface area (Å²) in [5.74, 6) is 0.452. The molecular weight excluding hydrogens is 254 g/mol. The Morgan fingerprint density at radius 3 is 2.80 bits per heavy atom. The van der Waals surface area contributed by atoms with E-state index in [0.29, 0.717) is 16.9 Å². The molecule has 0 radical (unpaired) electrons. The van der Waals surface area contributed by atoms with Crippen molar-refractivity contribution in [3.63, 3.8) is 0 Å². The molecule has 0 aliphatic heterocycles. The average molecular weight is 273 g/mol. The largest absolute Gasteiger partial charge is 0.469 e. The fourth-order valence-electron chi connectivity index (χ4n) is 2.07. The number of nitrogens with two attached hydrogens (primary N) is 2. The fraction of sp³-hybridized carbons (Fsp3) is 0.267. The lowest BCUT2D eigenvalue weighted by Crippen LogP contribution is -2.21. The van der Waals surface area contributed by atoms with Crippen LogP contribution in [0, 0.1) is 0 Å². The molecule has 1 aromatic carbocycles. The highest BCUT2D eigenvalue weighted by molar-refractivity contribution is 6.01.